The summed E-state index contributed by atoms with van der Waals surface area (Å²) >= 11 is 0. The molecule has 0 radical (unpaired) electrons. The number of nitrogens with one attached hydrogen (secondary N) is 2. The van der Waals surface area contributed by atoms with E-state index in [1.165, 1.54) is 0 Å². The third-order valence-electron chi connectivity index (χ3n) is 3.35. The Bertz CT molecular complexity index is 671. The summed E-state index contributed by atoms with van der Waals surface area (Å²) in [6.07, 6.45) is 0.239. The normalized spacial score (nSPS) is 10.0. The van der Waals surface area contributed by atoms with Crippen molar-refractivity contribution >= 4 is 11.8 Å². The first-order valence-electron chi connectivity index (χ1n) is 7.94. The van der Waals surface area contributed by atoms with Crippen molar-refractivity contribution in [3.05, 3.63) is 65.7 Å². The lowest BCUT2D eigenvalue weighted by molar-refractivity contribution is -0.121. The standard InChI is InChI=1S/C19H22N2O3/c1-15-6-5-7-16(14-15)19(23)21-11-10-18(22)20-12-13-24-17-8-3-2-4-9-17/h2-9,14H,10-13H2,1H3,(H,20,22)(H,21,23). The number of carbonyl (C=O) groups excluding carboxylic acids is 2. The number of rotatable bonds is 8. The van der Waals surface area contributed by atoms with E-state index in [-0.39, 0.29) is 18.2 Å². The molecule has 0 aliphatic rings. The Kier molecular flexibility index (Phi) is 6.83. The van der Waals surface area contributed by atoms with E-state index in [0.29, 0.717) is 25.3 Å². The van der Waals surface area contributed by atoms with Crippen molar-refractivity contribution in [3.63, 3.8) is 0 Å². The van der Waals surface area contributed by atoms with Crippen molar-refractivity contribution in [2.75, 3.05) is 19.7 Å². The van der Waals surface area contributed by atoms with E-state index in [9.17, 15) is 9.59 Å². The number of carbonyl (C=O) groups is 2. The molecule has 0 spiro atoms. The molecule has 0 fully saturated rings. The molecular formula is C19H22N2O3. The van der Waals surface area contributed by atoms with Crippen molar-refractivity contribution in [1.82, 2.24) is 10.6 Å². The van der Waals surface area contributed by atoms with Crippen LogP contribution in [0.2, 0.25) is 0 Å². The van der Waals surface area contributed by atoms with Gasteiger partial charge in [0, 0.05) is 18.5 Å². The lowest BCUT2D eigenvalue weighted by Gasteiger charge is -2.08. The first-order valence-corrected chi connectivity index (χ1v) is 7.94. The second-order valence-electron chi connectivity index (χ2n) is 5.39. The smallest absolute Gasteiger partial charge is 0.251 e. The SMILES string of the molecule is Cc1cccc(C(=O)NCCC(=O)NCCOc2ccccc2)c1. The summed E-state index contributed by atoms with van der Waals surface area (Å²) in [6.45, 7) is 3.07. The molecule has 0 unspecified atom stereocenters. The summed E-state index contributed by atoms with van der Waals surface area (Å²) in [6, 6.07) is 16.8. The zero-order valence-corrected chi connectivity index (χ0v) is 13.7. The third kappa shape index (κ3) is 6.12. The molecule has 0 saturated heterocycles. The van der Waals surface area contributed by atoms with Gasteiger partial charge in [-0.3, -0.25) is 9.59 Å². The van der Waals surface area contributed by atoms with Crippen LogP contribution in [0.3, 0.4) is 0 Å². The quantitative estimate of drug-likeness (QED) is 0.732. The molecule has 0 saturated carbocycles. The van der Waals surface area contributed by atoms with Crippen LogP contribution < -0.4 is 15.4 Å². The average Bonchev–Trinajstić information content (AvgIpc) is 2.59. The Hall–Kier alpha value is -2.82. The van der Waals surface area contributed by atoms with E-state index in [0.717, 1.165) is 11.3 Å². The maximum atomic E-state index is 11.9. The Morgan fingerprint density at radius 2 is 1.75 bits per heavy atom. The van der Waals surface area contributed by atoms with Gasteiger partial charge in [-0.05, 0) is 31.2 Å². The van der Waals surface area contributed by atoms with Gasteiger partial charge in [-0.1, -0.05) is 35.9 Å². The number of aryl methyl sites for hydroxylation is 1. The molecule has 2 aromatic carbocycles. The summed E-state index contributed by atoms with van der Waals surface area (Å²) < 4.78 is 5.48. The van der Waals surface area contributed by atoms with Crippen molar-refractivity contribution in [2.45, 2.75) is 13.3 Å². The van der Waals surface area contributed by atoms with Gasteiger partial charge in [-0.15, -0.1) is 0 Å². The summed E-state index contributed by atoms with van der Waals surface area (Å²) in [5.74, 6) is 0.493. The first-order chi connectivity index (χ1) is 11.6. The summed E-state index contributed by atoms with van der Waals surface area (Å²) in [5.41, 5.74) is 1.63. The highest BCUT2D eigenvalue weighted by Crippen LogP contribution is 2.07. The number of hydrogen-bond acceptors (Lipinski definition) is 3. The highest BCUT2D eigenvalue weighted by atomic mass is 16.5. The van der Waals surface area contributed by atoms with Gasteiger partial charge < -0.3 is 15.4 Å². The molecule has 126 valence electrons. The van der Waals surface area contributed by atoms with E-state index in [1.54, 1.807) is 6.07 Å². The van der Waals surface area contributed by atoms with Crippen LogP contribution in [-0.2, 0) is 4.79 Å². The minimum atomic E-state index is -0.168. The molecule has 0 aromatic heterocycles. The molecular weight excluding hydrogens is 304 g/mol. The fraction of sp³-hybridized carbons (Fsp3) is 0.263. The average molecular weight is 326 g/mol. The molecule has 0 aliphatic heterocycles. The van der Waals surface area contributed by atoms with Crippen molar-refractivity contribution in [2.24, 2.45) is 0 Å². The Balaban J connectivity index is 1.59. The molecule has 0 heterocycles. The molecule has 24 heavy (non-hydrogen) atoms. The van der Waals surface area contributed by atoms with Crippen LogP contribution in [0.1, 0.15) is 22.3 Å². The van der Waals surface area contributed by atoms with E-state index < -0.39 is 0 Å². The molecule has 2 aromatic rings. The number of amides is 2. The maximum absolute atomic E-state index is 11.9. The van der Waals surface area contributed by atoms with Gasteiger partial charge in [0.25, 0.3) is 5.91 Å². The fourth-order valence-corrected chi connectivity index (χ4v) is 2.14. The number of para-hydroxylation sites is 1. The van der Waals surface area contributed by atoms with E-state index in [2.05, 4.69) is 10.6 Å². The monoisotopic (exact) mass is 326 g/mol. The van der Waals surface area contributed by atoms with Gasteiger partial charge >= 0.3 is 0 Å². The molecule has 5 nitrogen and oxygen atoms in total. The zero-order chi connectivity index (χ0) is 17.2. The number of benzene rings is 2. The van der Waals surface area contributed by atoms with E-state index in [1.807, 2.05) is 55.5 Å². The van der Waals surface area contributed by atoms with Crippen LogP contribution >= 0.6 is 0 Å². The lowest BCUT2D eigenvalue weighted by Crippen LogP contribution is -2.32. The van der Waals surface area contributed by atoms with Crippen LogP contribution in [0.5, 0.6) is 5.75 Å². The predicted molar refractivity (Wildman–Crippen MR) is 93.1 cm³/mol. The minimum Gasteiger partial charge on any atom is -0.492 e. The minimum absolute atomic E-state index is 0.115. The van der Waals surface area contributed by atoms with Crippen molar-refractivity contribution in [3.8, 4) is 5.75 Å². The summed E-state index contributed by atoms with van der Waals surface area (Å²) in [5, 5.41) is 5.50. The zero-order valence-electron chi connectivity index (χ0n) is 13.7. The highest BCUT2D eigenvalue weighted by molar-refractivity contribution is 5.94. The van der Waals surface area contributed by atoms with Gasteiger partial charge in [0.15, 0.2) is 0 Å². The molecule has 0 bridgehead atoms. The summed E-state index contributed by atoms with van der Waals surface area (Å²) in [4.78, 5) is 23.6. The van der Waals surface area contributed by atoms with Crippen LogP contribution in [-0.4, -0.2) is 31.5 Å². The molecule has 2 rings (SSSR count). The van der Waals surface area contributed by atoms with Gasteiger partial charge in [-0.2, -0.15) is 0 Å². The predicted octanol–water partition coefficient (Wildman–Crippen LogP) is 2.31. The van der Waals surface area contributed by atoms with Crippen LogP contribution in [0.15, 0.2) is 54.6 Å². The fourth-order valence-electron chi connectivity index (χ4n) is 2.14. The molecule has 2 amide bonds. The molecule has 2 N–H and O–H groups in total. The summed E-state index contributed by atoms with van der Waals surface area (Å²) in [7, 11) is 0. The number of hydrogen-bond donors (Lipinski definition) is 2. The number of ether oxygens (including phenoxy) is 1. The second kappa shape index (κ2) is 9.35. The Labute approximate surface area is 142 Å². The topological polar surface area (TPSA) is 67.4 Å². The van der Waals surface area contributed by atoms with Crippen molar-refractivity contribution < 1.29 is 14.3 Å². The van der Waals surface area contributed by atoms with Gasteiger partial charge in [-0.25, -0.2) is 0 Å². The highest BCUT2D eigenvalue weighted by Gasteiger charge is 2.06. The van der Waals surface area contributed by atoms with Gasteiger partial charge in [0.2, 0.25) is 5.91 Å². The largest absolute Gasteiger partial charge is 0.492 e. The third-order valence-corrected chi connectivity index (χ3v) is 3.35. The van der Waals surface area contributed by atoms with E-state index in [4.69, 9.17) is 4.74 Å². The van der Waals surface area contributed by atoms with Crippen molar-refractivity contribution in [1.29, 1.82) is 0 Å². The van der Waals surface area contributed by atoms with Crippen LogP contribution in [0.25, 0.3) is 0 Å². The Morgan fingerprint density at radius 1 is 0.958 bits per heavy atom. The molecule has 0 aliphatic carbocycles. The van der Waals surface area contributed by atoms with Gasteiger partial charge in [0.1, 0.15) is 12.4 Å². The van der Waals surface area contributed by atoms with E-state index >= 15 is 0 Å². The molecule has 0 atom stereocenters. The van der Waals surface area contributed by atoms with Crippen LogP contribution in [0, 0.1) is 6.92 Å². The van der Waals surface area contributed by atoms with Crippen LogP contribution in [0.4, 0.5) is 0 Å². The Morgan fingerprint density at radius 3 is 2.50 bits per heavy atom. The maximum Gasteiger partial charge on any atom is 0.251 e. The first kappa shape index (κ1) is 17.5. The molecule has 5 heteroatoms. The second-order valence-corrected chi connectivity index (χ2v) is 5.39. The van der Waals surface area contributed by atoms with Gasteiger partial charge in [0.05, 0.1) is 6.54 Å². The lowest BCUT2D eigenvalue weighted by atomic mass is 10.1.